The number of hydrogen-bond donors (Lipinski definition) is 6. The monoisotopic (exact) mass is 596 g/mol. The second-order valence-corrected chi connectivity index (χ2v) is 10.3. The lowest BCUT2D eigenvalue weighted by Crippen LogP contribution is -2.46. The van der Waals surface area contributed by atoms with Crippen LogP contribution in [0.15, 0.2) is 91.0 Å². The Bertz CT molecular complexity index is 1650. The first-order valence-corrected chi connectivity index (χ1v) is 14.0. The first-order valence-electron chi connectivity index (χ1n) is 14.0. The lowest BCUT2D eigenvalue weighted by molar-refractivity contribution is -0.134. The van der Waals surface area contributed by atoms with Gasteiger partial charge in [0.25, 0.3) is 5.91 Å². The van der Waals surface area contributed by atoms with Crippen molar-refractivity contribution in [3.63, 3.8) is 0 Å². The summed E-state index contributed by atoms with van der Waals surface area (Å²) in [5, 5.41) is 44.4. The molecular formula is C34H32N2O8. The van der Waals surface area contributed by atoms with E-state index in [-0.39, 0.29) is 28.9 Å². The Balaban J connectivity index is 1.26. The maximum absolute atomic E-state index is 13.4. The minimum absolute atomic E-state index is 0.157. The van der Waals surface area contributed by atoms with Crippen molar-refractivity contribution in [3.05, 3.63) is 113 Å². The molecule has 1 heterocycles. The Kier molecular flexibility index (Phi) is 9.19. The van der Waals surface area contributed by atoms with Crippen molar-refractivity contribution in [1.82, 2.24) is 10.6 Å². The van der Waals surface area contributed by atoms with Gasteiger partial charge in [-0.3, -0.25) is 9.59 Å². The van der Waals surface area contributed by atoms with Crippen LogP contribution in [0.5, 0.6) is 34.5 Å². The van der Waals surface area contributed by atoms with Crippen LogP contribution in [-0.4, -0.2) is 51.4 Å². The zero-order valence-electron chi connectivity index (χ0n) is 23.6. The molecule has 44 heavy (non-hydrogen) atoms. The van der Waals surface area contributed by atoms with Crippen LogP contribution in [-0.2, 0) is 22.4 Å². The molecule has 0 unspecified atom stereocenters. The summed E-state index contributed by atoms with van der Waals surface area (Å²) in [6.45, 7) is 0.724. The van der Waals surface area contributed by atoms with Gasteiger partial charge in [0.05, 0.1) is 0 Å². The van der Waals surface area contributed by atoms with Crippen LogP contribution in [0.2, 0.25) is 0 Å². The van der Waals surface area contributed by atoms with E-state index in [1.54, 1.807) is 78.9 Å². The molecule has 4 aromatic carbocycles. The third-order valence-electron chi connectivity index (χ3n) is 7.06. The van der Waals surface area contributed by atoms with E-state index in [0.29, 0.717) is 48.6 Å². The summed E-state index contributed by atoms with van der Waals surface area (Å²) in [7, 11) is 0. The molecule has 1 aliphatic rings. The van der Waals surface area contributed by atoms with Gasteiger partial charge >= 0.3 is 0 Å². The van der Waals surface area contributed by atoms with Crippen LogP contribution in [0.3, 0.4) is 0 Å². The summed E-state index contributed by atoms with van der Waals surface area (Å²) in [6, 6.07) is 22.7. The summed E-state index contributed by atoms with van der Waals surface area (Å²) in [6.07, 6.45) is 2.10. The van der Waals surface area contributed by atoms with Gasteiger partial charge in [-0.05, 0) is 84.1 Å². The van der Waals surface area contributed by atoms with Crippen LogP contribution in [0.4, 0.5) is 0 Å². The maximum Gasteiger partial charge on any atom is 0.265 e. The Labute approximate surface area is 253 Å². The van der Waals surface area contributed by atoms with Crippen molar-refractivity contribution in [1.29, 1.82) is 0 Å². The number of amides is 2. The molecule has 0 aliphatic carbocycles. The van der Waals surface area contributed by atoms with E-state index in [1.807, 2.05) is 0 Å². The molecule has 2 atom stereocenters. The number of carbonyl (C=O) groups excluding carboxylic acids is 2. The van der Waals surface area contributed by atoms with Gasteiger partial charge in [-0.15, -0.1) is 0 Å². The number of phenolic OH excluding ortho intramolecular Hbond substituents is 4. The normalized spacial score (nSPS) is 15.5. The van der Waals surface area contributed by atoms with E-state index < -0.39 is 18.1 Å². The first kappa shape index (κ1) is 29.8. The summed E-state index contributed by atoms with van der Waals surface area (Å²) in [5.41, 5.74) is 2.99. The van der Waals surface area contributed by atoms with Crippen LogP contribution in [0.25, 0.3) is 6.08 Å². The number of hydrogen-bond acceptors (Lipinski definition) is 8. The highest BCUT2D eigenvalue weighted by Crippen LogP contribution is 2.41. The SMILES string of the molecule is O=C(/C=C/c1ccc2c(c1)O[C@H](C(=O)NCCc1ccc(O)cc1)[C@@H](c1ccc(O)c(O)c1)O2)NCCc1ccc(O)cc1. The molecule has 0 bridgehead atoms. The number of nitrogens with one attached hydrogen (secondary N) is 2. The van der Waals surface area contributed by atoms with Gasteiger partial charge in [0.15, 0.2) is 29.1 Å². The standard InChI is InChI=1S/C34H32N2O8/c37-25-8-1-21(2-9-25)15-17-35-31(41)14-6-23-5-13-29-30(19-23)44-33(32(43-29)24-7-12-27(39)28(40)20-24)34(42)36-18-16-22-3-10-26(38)11-4-22/h1-14,19-20,32-33,37-40H,15-18H2,(H,35,41)(H,36,42)/b14-6+/t32-,33+/m1/s1. The highest BCUT2D eigenvalue weighted by atomic mass is 16.6. The number of benzene rings is 4. The molecule has 0 spiro atoms. The third kappa shape index (κ3) is 7.60. The molecule has 0 radical (unpaired) electrons. The van der Waals surface area contributed by atoms with Crippen LogP contribution in [0, 0.1) is 0 Å². The second kappa shape index (κ2) is 13.6. The molecule has 0 saturated carbocycles. The van der Waals surface area contributed by atoms with Gasteiger partial charge in [0.1, 0.15) is 11.5 Å². The summed E-state index contributed by atoms with van der Waals surface area (Å²) in [5.74, 6) is -0.369. The lowest BCUT2D eigenvalue weighted by Gasteiger charge is -2.33. The van der Waals surface area contributed by atoms with Gasteiger partial charge in [-0.1, -0.05) is 36.4 Å². The number of rotatable bonds is 10. The average Bonchev–Trinajstić information content (AvgIpc) is 3.02. The van der Waals surface area contributed by atoms with Crippen LogP contribution < -0.4 is 20.1 Å². The summed E-state index contributed by atoms with van der Waals surface area (Å²) in [4.78, 5) is 25.7. The van der Waals surface area contributed by atoms with E-state index in [1.165, 1.54) is 18.2 Å². The second-order valence-electron chi connectivity index (χ2n) is 10.3. The van der Waals surface area contributed by atoms with Crippen LogP contribution >= 0.6 is 0 Å². The van der Waals surface area contributed by atoms with E-state index in [9.17, 15) is 30.0 Å². The molecule has 1 aliphatic heterocycles. The Morgan fingerprint density at radius 1 is 0.682 bits per heavy atom. The van der Waals surface area contributed by atoms with Gasteiger partial charge in [-0.2, -0.15) is 0 Å². The molecule has 0 saturated heterocycles. The minimum atomic E-state index is -1.13. The fourth-order valence-corrected chi connectivity index (χ4v) is 4.68. The summed E-state index contributed by atoms with van der Waals surface area (Å²) < 4.78 is 12.3. The molecule has 10 nitrogen and oxygen atoms in total. The van der Waals surface area contributed by atoms with Gasteiger partial charge in [0.2, 0.25) is 12.0 Å². The predicted molar refractivity (Wildman–Crippen MR) is 163 cm³/mol. The number of phenols is 4. The molecule has 0 aromatic heterocycles. The van der Waals surface area contributed by atoms with Gasteiger partial charge in [0, 0.05) is 24.7 Å². The highest BCUT2D eigenvalue weighted by molar-refractivity contribution is 5.91. The van der Waals surface area contributed by atoms with E-state index in [0.717, 1.165) is 11.1 Å². The van der Waals surface area contributed by atoms with Crippen molar-refractivity contribution >= 4 is 17.9 Å². The molecule has 0 fully saturated rings. The first-order chi connectivity index (χ1) is 21.2. The summed E-state index contributed by atoms with van der Waals surface area (Å²) >= 11 is 0. The van der Waals surface area contributed by atoms with E-state index in [4.69, 9.17) is 9.47 Å². The number of carbonyl (C=O) groups is 2. The largest absolute Gasteiger partial charge is 0.508 e. The number of ether oxygens (including phenoxy) is 2. The molecule has 4 aromatic rings. The zero-order chi connectivity index (χ0) is 31.1. The highest BCUT2D eigenvalue weighted by Gasteiger charge is 2.38. The number of aromatic hydroxyl groups is 4. The molecule has 10 heteroatoms. The predicted octanol–water partition coefficient (Wildman–Crippen LogP) is 4.12. The van der Waals surface area contributed by atoms with Crippen molar-refractivity contribution in [2.75, 3.05) is 13.1 Å². The fraction of sp³-hybridized carbons (Fsp3) is 0.176. The molecule has 6 N–H and O–H groups in total. The zero-order valence-corrected chi connectivity index (χ0v) is 23.6. The molecule has 5 rings (SSSR count). The van der Waals surface area contributed by atoms with Crippen molar-refractivity contribution in [2.24, 2.45) is 0 Å². The number of fused-ring (bicyclic) bond motifs is 1. The van der Waals surface area contributed by atoms with Gasteiger partial charge in [-0.25, -0.2) is 0 Å². The Morgan fingerprint density at radius 2 is 1.32 bits per heavy atom. The molecular weight excluding hydrogens is 564 g/mol. The average molecular weight is 597 g/mol. The van der Waals surface area contributed by atoms with Crippen LogP contribution in [0.1, 0.15) is 28.4 Å². The van der Waals surface area contributed by atoms with Gasteiger partial charge < -0.3 is 40.5 Å². The third-order valence-corrected chi connectivity index (χ3v) is 7.06. The smallest absolute Gasteiger partial charge is 0.265 e. The lowest BCUT2D eigenvalue weighted by atomic mass is 10.0. The topological polar surface area (TPSA) is 158 Å². The quantitative estimate of drug-likeness (QED) is 0.118. The fourth-order valence-electron chi connectivity index (χ4n) is 4.68. The van der Waals surface area contributed by atoms with Crippen molar-refractivity contribution in [2.45, 2.75) is 25.0 Å². The maximum atomic E-state index is 13.4. The van der Waals surface area contributed by atoms with E-state index in [2.05, 4.69) is 10.6 Å². The molecule has 2 amide bonds. The van der Waals surface area contributed by atoms with Crippen molar-refractivity contribution < 1.29 is 39.5 Å². The Hall–Kier alpha value is -5.64. The van der Waals surface area contributed by atoms with E-state index >= 15 is 0 Å². The Morgan fingerprint density at radius 3 is 1.95 bits per heavy atom. The van der Waals surface area contributed by atoms with Crippen molar-refractivity contribution in [3.8, 4) is 34.5 Å². The molecule has 226 valence electrons. The minimum Gasteiger partial charge on any atom is -0.508 e.